The molecular weight excluding hydrogens is 352 g/mol. The quantitative estimate of drug-likeness (QED) is 0.807. The SMILES string of the molecule is CN(C)CCNC(=O)[C@H]1Cc2nc(-c3ccsc3)sc2N1CC1CC1. The highest BCUT2D eigenvalue weighted by Gasteiger charge is 2.40. The van der Waals surface area contributed by atoms with Crippen LogP contribution >= 0.6 is 22.7 Å². The fourth-order valence-electron chi connectivity index (χ4n) is 3.19. The maximum atomic E-state index is 12.7. The molecule has 0 unspecified atom stereocenters. The van der Waals surface area contributed by atoms with E-state index in [-0.39, 0.29) is 11.9 Å². The highest BCUT2D eigenvalue weighted by molar-refractivity contribution is 7.19. The van der Waals surface area contributed by atoms with Crippen LogP contribution in [0.4, 0.5) is 5.00 Å². The summed E-state index contributed by atoms with van der Waals surface area (Å²) in [4.78, 5) is 22.0. The number of hydrogen-bond acceptors (Lipinski definition) is 6. The third-order valence-corrected chi connectivity index (χ3v) is 6.65. The fourth-order valence-corrected chi connectivity index (χ4v) is 5.05. The molecule has 25 heavy (non-hydrogen) atoms. The lowest BCUT2D eigenvalue weighted by atomic mass is 10.2. The first kappa shape index (κ1) is 17.0. The fraction of sp³-hybridized carbons (Fsp3) is 0.556. The van der Waals surface area contributed by atoms with Gasteiger partial charge in [-0.15, -0.1) is 0 Å². The maximum Gasteiger partial charge on any atom is 0.243 e. The number of carbonyl (C=O) groups excluding carboxylic acids is 1. The van der Waals surface area contributed by atoms with Crippen LogP contribution in [-0.4, -0.2) is 55.6 Å². The van der Waals surface area contributed by atoms with Crippen molar-refractivity contribution in [3.63, 3.8) is 0 Å². The van der Waals surface area contributed by atoms with Gasteiger partial charge in [-0.1, -0.05) is 11.3 Å². The van der Waals surface area contributed by atoms with Crippen molar-refractivity contribution in [2.24, 2.45) is 5.92 Å². The third kappa shape index (κ3) is 3.73. The number of fused-ring (bicyclic) bond motifs is 1. The van der Waals surface area contributed by atoms with E-state index < -0.39 is 0 Å². The lowest BCUT2D eigenvalue weighted by molar-refractivity contribution is -0.122. The molecule has 7 heteroatoms. The number of aromatic nitrogens is 1. The van der Waals surface area contributed by atoms with Crippen LogP contribution in [0.3, 0.4) is 0 Å². The number of nitrogens with zero attached hydrogens (tertiary/aromatic N) is 3. The molecule has 0 aromatic carbocycles. The molecule has 1 aliphatic heterocycles. The van der Waals surface area contributed by atoms with Crippen molar-refractivity contribution in [3.8, 4) is 10.6 Å². The molecule has 0 radical (unpaired) electrons. The molecule has 1 saturated carbocycles. The number of thiazole rings is 1. The highest BCUT2D eigenvalue weighted by atomic mass is 32.1. The number of hydrogen-bond donors (Lipinski definition) is 1. The number of carbonyl (C=O) groups is 1. The molecule has 2 aromatic rings. The van der Waals surface area contributed by atoms with E-state index in [9.17, 15) is 4.79 Å². The number of likely N-dealkylation sites (N-methyl/N-ethyl adjacent to an activating group) is 1. The number of anilines is 1. The Labute approximate surface area is 156 Å². The standard InChI is InChI=1S/C18H24N4OS2/c1-21(2)7-6-19-16(23)15-9-14-18(22(15)10-12-3-4-12)25-17(20-14)13-5-8-24-11-13/h5,8,11-12,15H,3-4,6-7,9-10H2,1-2H3,(H,19,23)/t15-/m1/s1. The molecule has 1 amide bonds. The first-order chi connectivity index (χ1) is 12.1. The van der Waals surface area contributed by atoms with Crippen LogP contribution in [0.1, 0.15) is 18.5 Å². The Balaban J connectivity index is 1.50. The van der Waals surface area contributed by atoms with Crippen molar-refractivity contribution in [2.45, 2.75) is 25.3 Å². The van der Waals surface area contributed by atoms with Crippen molar-refractivity contribution < 1.29 is 4.79 Å². The third-order valence-electron chi connectivity index (χ3n) is 4.78. The molecule has 3 heterocycles. The summed E-state index contributed by atoms with van der Waals surface area (Å²) in [6.07, 6.45) is 3.31. The molecule has 2 aliphatic rings. The zero-order chi connectivity index (χ0) is 17.4. The van der Waals surface area contributed by atoms with E-state index in [0.717, 1.165) is 36.1 Å². The Morgan fingerprint density at radius 2 is 2.28 bits per heavy atom. The molecule has 2 aromatic heterocycles. The summed E-state index contributed by atoms with van der Waals surface area (Å²) >= 11 is 3.44. The minimum atomic E-state index is -0.0898. The van der Waals surface area contributed by atoms with Crippen LogP contribution in [-0.2, 0) is 11.2 Å². The molecule has 1 fully saturated rings. The topological polar surface area (TPSA) is 48.5 Å². The Hall–Kier alpha value is -1.44. The summed E-state index contributed by atoms with van der Waals surface area (Å²) in [6.45, 7) is 2.55. The van der Waals surface area contributed by atoms with Crippen molar-refractivity contribution in [1.82, 2.24) is 15.2 Å². The van der Waals surface area contributed by atoms with Crippen LogP contribution < -0.4 is 10.2 Å². The molecule has 0 spiro atoms. The van der Waals surface area contributed by atoms with Gasteiger partial charge in [-0.2, -0.15) is 11.3 Å². The molecule has 4 rings (SSSR count). The highest BCUT2D eigenvalue weighted by Crippen LogP contribution is 2.43. The van der Waals surface area contributed by atoms with Crippen LogP contribution in [0.15, 0.2) is 16.8 Å². The van der Waals surface area contributed by atoms with E-state index in [1.54, 1.807) is 22.7 Å². The number of nitrogens with one attached hydrogen (secondary N) is 1. The van der Waals surface area contributed by atoms with Gasteiger partial charge in [0.2, 0.25) is 5.91 Å². The van der Waals surface area contributed by atoms with Gasteiger partial charge in [0.05, 0.1) is 5.69 Å². The second-order valence-electron chi connectivity index (χ2n) is 7.19. The molecular formula is C18H24N4OS2. The van der Waals surface area contributed by atoms with Crippen molar-refractivity contribution in [2.75, 3.05) is 38.6 Å². The minimum Gasteiger partial charge on any atom is -0.353 e. The predicted molar refractivity (Wildman–Crippen MR) is 105 cm³/mol. The van der Waals surface area contributed by atoms with E-state index in [1.807, 2.05) is 14.1 Å². The van der Waals surface area contributed by atoms with Gasteiger partial charge in [0, 0.05) is 37.0 Å². The first-order valence-electron chi connectivity index (χ1n) is 8.83. The number of thiophene rings is 1. The average molecular weight is 377 g/mol. The second-order valence-corrected chi connectivity index (χ2v) is 8.95. The van der Waals surface area contributed by atoms with Crippen molar-refractivity contribution in [1.29, 1.82) is 0 Å². The molecule has 5 nitrogen and oxygen atoms in total. The minimum absolute atomic E-state index is 0.0898. The Morgan fingerprint density at radius 1 is 1.44 bits per heavy atom. The van der Waals surface area contributed by atoms with Gasteiger partial charge in [0.25, 0.3) is 0 Å². The monoisotopic (exact) mass is 376 g/mol. The molecule has 134 valence electrons. The first-order valence-corrected chi connectivity index (χ1v) is 10.6. The van der Waals surface area contributed by atoms with E-state index in [4.69, 9.17) is 4.98 Å². The van der Waals surface area contributed by atoms with Gasteiger partial charge in [0.15, 0.2) is 0 Å². The lowest BCUT2D eigenvalue weighted by Crippen LogP contribution is -2.47. The zero-order valence-corrected chi connectivity index (χ0v) is 16.3. The number of amides is 1. The van der Waals surface area contributed by atoms with E-state index >= 15 is 0 Å². The molecule has 0 saturated heterocycles. The van der Waals surface area contributed by atoms with E-state index in [2.05, 4.69) is 31.9 Å². The Bertz CT molecular complexity index is 736. The summed E-state index contributed by atoms with van der Waals surface area (Å²) in [6, 6.07) is 2.03. The largest absolute Gasteiger partial charge is 0.353 e. The normalized spacial score (nSPS) is 19.5. The van der Waals surface area contributed by atoms with Crippen molar-refractivity contribution >= 4 is 33.6 Å². The van der Waals surface area contributed by atoms with Gasteiger partial charge in [0.1, 0.15) is 16.1 Å². The van der Waals surface area contributed by atoms with Crippen LogP contribution in [0, 0.1) is 5.92 Å². The maximum absolute atomic E-state index is 12.7. The Kier molecular flexibility index (Phi) is 4.80. The van der Waals surface area contributed by atoms with Crippen LogP contribution in [0.25, 0.3) is 10.6 Å². The Morgan fingerprint density at radius 3 is 2.96 bits per heavy atom. The molecule has 1 N–H and O–H groups in total. The van der Waals surface area contributed by atoms with Crippen LogP contribution in [0.5, 0.6) is 0 Å². The summed E-state index contributed by atoms with van der Waals surface area (Å²) in [5.74, 6) is 0.888. The van der Waals surface area contributed by atoms with Gasteiger partial charge in [-0.25, -0.2) is 4.98 Å². The smallest absolute Gasteiger partial charge is 0.243 e. The second kappa shape index (κ2) is 7.05. The molecule has 1 atom stereocenters. The summed E-state index contributed by atoms with van der Waals surface area (Å²) in [5.41, 5.74) is 2.29. The summed E-state index contributed by atoms with van der Waals surface area (Å²) in [7, 11) is 4.04. The number of rotatable bonds is 7. The van der Waals surface area contributed by atoms with Gasteiger partial charge in [-0.05, 0) is 44.3 Å². The average Bonchev–Trinajstić information content (AvgIpc) is 2.99. The van der Waals surface area contributed by atoms with Gasteiger partial charge in [-0.3, -0.25) is 4.79 Å². The van der Waals surface area contributed by atoms with E-state index in [1.165, 1.54) is 23.4 Å². The molecule has 1 aliphatic carbocycles. The van der Waals surface area contributed by atoms with Gasteiger partial charge < -0.3 is 15.1 Å². The predicted octanol–water partition coefficient (Wildman–Crippen LogP) is 2.69. The molecule has 0 bridgehead atoms. The van der Waals surface area contributed by atoms with E-state index in [0.29, 0.717) is 6.54 Å². The summed E-state index contributed by atoms with van der Waals surface area (Å²) in [5, 5.41) is 9.63. The zero-order valence-electron chi connectivity index (χ0n) is 14.7. The van der Waals surface area contributed by atoms with Gasteiger partial charge >= 0.3 is 0 Å². The van der Waals surface area contributed by atoms with Crippen molar-refractivity contribution in [3.05, 3.63) is 22.5 Å². The summed E-state index contributed by atoms with van der Waals surface area (Å²) < 4.78 is 0. The lowest BCUT2D eigenvalue weighted by Gasteiger charge is -2.26. The van der Waals surface area contributed by atoms with Crippen LogP contribution in [0.2, 0.25) is 0 Å².